The second-order valence-electron chi connectivity index (χ2n) is 6.14. The predicted octanol–water partition coefficient (Wildman–Crippen LogP) is 4.17. The highest BCUT2D eigenvalue weighted by atomic mass is 35.5. The van der Waals surface area contributed by atoms with Gasteiger partial charge >= 0.3 is 0 Å². The van der Waals surface area contributed by atoms with Gasteiger partial charge < -0.3 is 5.32 Å². The van der Waals surface area contributed by atoms with Crippen molar-refractivity contribution in [3.63, 3.8) is 0 Å². The van der Waals surface area contributed by atoms with Crippen molar-refractivity contribution in [2.75, 3.05) is 18.4 Å². The Hall–Kier alpha value is -1.60. The Labute approximate surface area is 163 Å². The molecule has 1 amide bonds. The molecule has 1 heterocycles. The minimum absolute atomic E-state index is 0.0576. The second-order valence-corrected chi connectivity index (χ2v) is 8.95. The van der Waals surface area contributed by atoms with Crippen LogP contribution in [0.3, 0.4) is 0 Å². The highest BCUT2D eigenvalue weighted by Gasteiger charge is 2.25. The maximum atomic E-state index is 12.3. The first kappa shape index (κ1) is 19.2. The molecular formula is C18H18Cl2N2O3S. The summed E-state index contributed by atoms with van der Waals surface area (Å²) in [6, 6.07) is 11.3. The van der Waals surface area contributed by atoms with E-state index in [0.29, 0.717) is 39.9 Å². The summed E-state index contributed by atoms with van der Waals surface area (Å²) >= 11 is 11.9. The van der Waals surface area contributed by atoms with E-state index in [0.717, 1.165) is 12.8 Å². The van der Waals surface area contributed by atoms with Gasteiger partial charge in [0.25, 0.3) is 5.91 Å². The summed E-state index contributed by atoms with van der Waals surface area (Å²) in [5.41, 5.74) is 1.53. The molecule has 1 N–H and O–H groups in total. The van der Waals surface area contributed by atoms with Crippen LogP contribution in [-0.2, 0) is 15.8 Å². The van der Waals surface area contributed by atoms with Gasteiger partial charge in [-0.05, 0) is 48.7 Å². The van der Waals surface area contributed by atoms with Crippen LogP contribution in [0.1, 0.15) is 28.8 Å². The molecule has 0 bridgehead atoms. The second kappa shape index (κ2) is 7.96. The fourth-order valence-electron chi connectivity index (χ4n) is 2.81. The molecule has 1 fully saturated rings. The lowest BCUT2D eigenvalue weighted by Crippen LogP contribution is -2.29. The molecule has 1 aliphatic heterocycles. The molecular weight excluding hydrogens is 395 g/mol. The molecule has 2 aromatic carbocycles. The smallest absolute Gasteiger partial charge is 0.255 e. The van der Waals surface area contributed by atoms with Crippen molar-refractivity contribution < 1.29 is 13.2 Å². The zero-order valence-electron chi connectivity index (χ0n) is 13.9. The lowest BCUT2D eigenvalue weighted by molar-refractivity contribution is 0.102. The minimum Gasteiger partial charge on any atom is -0.321 e. The highest BCUT2D eigenvalue weighted by Crippen LogP contribution is 2.26. The summed E-state index contributed by atoms with van der Waals surface area (Å²) in [5, 5.41) is 3.54. The van der Waals surface area contributed by atoms with Crippen LogP contribution < -0.4 is 5.32 Å². The average Bonchev–Trinajstić information content (AvgIpc) is 3.13. The zero-order valence-corrected chi connectivity index (χ0v) is 16.2. The summed E-state index contributed by atoms with van der Waals surface area (Å²) < 4.78 is 26.2. The van der Waals surface area contributed by atoms with Crippen molar-refractivity contribution >= 4 is 44.8 Å². The molecule has 0 unspecified atom stereocenters. The van der Waals surface area contributed by atoms with E-state index in [1.54, 1.807) is 42.5 Å². The lowest BCUT2D eigenvalue weighted by Gasteiger charge is -2.15. The first-order chi connectivity index (χ1) is 12.3. The van der Waals surface area contributed by atoms with E-state index in [1.807, 2.05) is 0 Å². The molecule has 0 aromatic heterocycles. The van der Waals surface area contributed by atoms with Crippen molar-refractivity contribution in [2.24, 2.45) is 0 Å². The zero-order chi connectivity index (χ0) is 18.7. The standard InChI is InChI=1S/C18H18Cl2N2O3S/c19-15-7-8-17(16(20)11-15)21-18(23)14-5-3-13(4-6-14)12-26(24,25)22-9-1-2-10-22/h3-8,11H,1-2,9-10,12H2,(H,21,23). The molecule has 0 spiro atoms. The largest absolute Gasteiger partial charge is 0.321 e. The van der Waals surface area contributed by atoms with E-state index in [1.165, 1.54) is 4.31 Å². The first-order valence-corrected chi connectivity index (χ1v) is 10.5. The molecule has 3 rings (SSSR count). The van der Waals surface area contributed by atoms with Crippen LogP contribution in [0.25, 0.3) is 0 Å². The fourth-order valence-corrected chi connectivity index (χ4v) is 4.87. The summed E-state index contributed by atoms with van der Waals surface area (Å²) in [6.45, 7) is 1.18. The Kier molecular flexibility index (Phi) is 5.87. The van der Waals surface area contributed by atoms with Crippen molar-refractivity contribution in [3.8, 4) is 0 Å². The van der Waals surface area contributed by atoms with Gasteiger partial charge in [-0.3, -0.25) is 4.79 Å². The number of amides is 1. The Morgan fingerprint density at radius 2 is 1.69 bits per heavy atom. The normalized spacial score (nSPS) is 15.2. The summed E-state index contributed by atoms with van der Waals surface area (Å²) in [7, 11) is -3.30. The van der Waals surface area contributed by atoms with Gasteiger partial charge in [0.1, 0.15) is 0 Å². The van der Waals surface area contributed by atoms with Crippen LogP contribution in [0.5, 0.6) is 0 Å². The predicted molar refractivity (Wildman–Crippen MR) is 104 cm³/mol. The van der Waals surface area contributed by atoms with E-state index in [4.69, 9.17) is 23.2 Å². The monoisotopic (exact) mass is 412 g/mol. The number of hydrogen-bond acceptors (Lipinski definition) is 3. The number of nitrogens with zero attached hydrogens (tertiary/aromatic N) is 1. The molecule has 2 aromatic rings. The number of rotatable bonds is 5. The highest BCUT2D eigenvalue weighted by molar-refractivity contribution is 7.88. The summed E-state index contributed by atoms with van der Waals surface area (Å²) in [6.07, 6.45) is 1.82. The number of hydrogen-bond donors (Lipinski definition) is 1. The number of carbonyl (C=O) groups is 1. The number of sulfonamides is 1. The molecule has 0 atom stereocenters. The van der Waals surface area contributed by atoms with Gasteiger partial charge in [0.15, 0.2) is 0 Å². The molecule has 26 heavy (non-hydrogen) atoms. The Morgan fingerprint density at radius 3 is 2.31 bits per heavy atom. The van der Waals surface area contributed by atoms with Gasteiger partial charge in [-0.1, -0.05) is 35.3 Å². The molecule has 8 heteroatoms. The van der Waals surface area contributed by atoms with Gasteiger partial charge in [-0.15, -0.1) is 0 Å². The molecule has 1 aliphatic rings. The molecule has 138 valence electrons. The van der Waals surface area contributed by atoms with E-state index in [-0.39, 0.29) is 11.7 Å². The average molecular weight is 413 g/mol. The quantitative estimate of drug-likeness (QED) is 0.800. The Balaban J connectivity index is 1.68. The van der Waals surface area contributed by atoms with Crippen LogP contribution in [0, 0.1) is 0 Å². The minimum atomic E-state index is -3.30. The van der Waals surface area contributed by atoms with Gasteiger partial charge in [0.05, 0.1) is 16.5 Å². The topological polar surface area (TPSA) is 66.5 Å². The van der Waals surface area contributed by atoms with E-state index >= 15 is 0 Å². The third-order valence-electron chi connectivity index (χ3n) is 4.20. The van der Waals surface area contributed by atoms with Gasteiger partial charge in [-0.25, -0.2) is 12.7 Å². The first-order valence-electron chi connectivity index (χ1n) is 8.18. The van der Waals surface area contributed by atoms with Crippen LogP contribution in [0.2, 0.25) is 10.0 Å². The summed E-state index contributed by atoms with van der Waals surface area (Å²) in [4.78, 5) is 12.3. The third kappa shape index (κ3) is 4.57. The van der Waals surface area contributed by atoms with Crippen LogP contribution in [-0.4, -0.2) is 31.7 Å². The Bertz CT molecular complexity index is 909. The van der Waals surface area contributed by atoms with Gasteiger partial charge in [0, 0.05) is 23.7 Å². The van der Waals surface area contributed by atoms with Crippen LogP contribution in [0.15, 0.2) is 42.5 Å². The molecule has 5 nitrogen and oxygen atoms in total. The molecule has 0 aliphatic carbocycles. The van der Waals surface area contributed by atoms with Crippen LogP contribution >= 0.6 is 23.2 Å². The Morgan fingerprint density at radius 1 is 1.04 bits per heavy atom. The molecule has 0 saturated carbocycles. The SMILES string of the molecule is O=C(Nc1ccc(Cl)cc1Cl)c1ccc(CS(=O)(=O)N2CCCC2)cc1. The number of halogens is 2. The lowest BCUT2D eigenvalue weighted by atomic mass is 10.1. The maximum Gasteiger partial charge on any atom is 0.255 e. The van der Waals surface area contributed by atoms with Crippen molar-refractivity contribution in [1.82, 2.24) is 4.31 Å². The number of benzene rings is 2. The van der Waals surface area contributed by atoms with E-state index < -0.39 is 10.0 Å². The third-order valence-corrected chi connectivity index (χ3v) is 6.60. The molecule has 0 radical (unpaired) electrons. The maximum absolute atomic E-state index is 12.3. The molecule has 1 saturated heterocycles. The number of carbonyl (C=O) groups excluding carboxylic acids is 1. The van der Waals surface area contributed by atoms with Crippen molar-refractivity contribution in [2.45, 2.75) is 18.6 Å². The van der Waals surface area contributed by atoms with Crippen molar-refractivity contribution in [3.05, 3.63) is 63.6 Å². The van der Waals surface area contributed by atoms with E-state index in [2.05, 4.69) is 5.32 Å². The summed E-state index contributed by atoms with van der Waals surface area (Å²) in [5.74, 6) is -0.388. The van der Waals surface area contributed by atoms with Crippen LogP contribution in [0.4, 0.5) is 5.69 Å². The van der Waals surface area contributed by atoms with Gasteiger partial charge in [-0.2, -0.15) is 0 Å². The number of anilines is 1. The number of nitrogens with one attached hydrogen (secondary N) is 1. The fraction of sp³-hybridized carbons (Fsp3) is 0.278. The van der Waals surface area contributed by atoms with Gasteiger partial charge in [0.2, 0.25) is 10.0 Å². The van der Waals surface area contributed by atoms with E-state index in [9.17, 15) is 13.2 Å². The van der Waals surface area contributed by atoms with Crippen molar-refractivity contribution in [1.29, 1.82) is 0 Å².